The van der Waals surface area contributed by atoms with E-state index in [0.29, 0.717) is 10.9 Å². The van der Waals surface area contributed by atoms with E-state index in [0.717, 1.165) is 23.4 Å². The summed E-state index contributed by atoms with van der Waals surface area (Å²) in [6.07, 6.45) is 1.92. The van der Waals surface area contributed by atoms with Crippen LogP contribution in [0.3, 0.4) is 0 Å². The van der Waals surface area contributed by atoms with Crippen molar-refractivity contribution in [2.45, 2.75) is 18.9 Å². The highest BCUT2D eigenvalue weighted by molar-refractivity contribution is 6.35. The predicted octanol–water partition coefficient (Wildman–Crippen LogP) is 4.41. The molecular weight excluding hydrogens is 277 g/mol. The van der Waals surface area contributed by atoms with Gasteiger partial charge in [0.15, 0.2) is 0 Å². The van der Waals surface area contributed by atoms with Crippen LogP contribution in [0, 0.1) is 5.92 Å². The van der Waals surface area contributed by atoms with Gasteiger partial charge in [-0.25, -0.2) is 0 Å². The Labute approximate surface area is 123 Å². The number of hydrogen-bond acceptors (Lipinski definition) is 1. The zero-order valence-corrected chi connectivity index (χ0v) is 12.0. The van der Waals surface area contributed by atoms with Crippen molar-refractivity contribution >= 4 is 23.2 Å². The minimum atomic E-state index is 0.0999. The van der Waals surface area contributed by atoms with Gasteiger partial charge in [-0.2, -0.15) is 0 Å². The fraction of sp³-hybridized carbons (Fsp3) is 0.250. The van der Waals surface area contributed by atoms with Gasteiger partial charge in [-0.3, -0.25) is 0 Å². The van der Waals surface area contributed by atoms with Crippen LogP contribution in [0.5, 0.6) is 0 Å². The van der Waals surface area contributed by atoms with Crippen molar-refractivity contribution in [3.05, 3.63) is 69.2 Å². The van der Waals surface area contributed by atoms with E-state index in [4.69, 9.17) is 28.9 Å². The van der Waals surface area contributed by atoms with Gasteiger partial charge in [0, 0.05) is 16.1 Å². The van der Waals surface area contributed by atoms with Gasteiger partial charge in [-0.05, 0) is 47.6 Å². The lowest BCUT2D eigenvalue weighted by Gasteiger charge is -2.17. The molecule has 1 aliphatic carbocycles. The maximum atomic E-state index is 6.35. The summed E-state index contributed by atoms with van der Waals surface area (Å²) in [5.41, 5.74) is 10.1. The number of fused-ring (bicyclic) bond motifs is 1. The van der Waals surface area contributed by atoms with E-state index in [1.807, 2.05) is 12.1 Å². The van der Waals surface area contributed by atoms with Crippen LogP contribution < -0.4 is 5.73 Å². The Hall–Kier alpha value is -1.02. The van der Waals surface area contributed by atoms with E-state index in [2.05, 4.69) is 24.3 Å². The highest BCUT2D eigenvalue weighted by atomic mass is 35.5. The third-order valence-electron chi connectivity index (χ3n) is 3.90. The van der Waals surface area contributed by atoms with Gasteiger partial charge in [0.05, 0.1) is 0 Å². The molecule has 0 saturated carbocycles. The summed E-state index contributed by atoms with van der Waals surface area (Å²) < 4.78 is 0. The first-order chi connectivity index (χ1) is 9.15. The second kappa shape index (κ2) is 5.16. The Balaban J connectivity index is 1.83. The van der Waals surface area contributed by atoms with Crippen LogP contribution in [-0.4, -0.2) is 0 Å². The molecule has 0 amide bonds. The molecule has 2 aromatic carbocycles. The lowest BCUT2D eigenvalue weighted by molar-refractivity contribution is 0.465. The maximum Gasteiger partial charge on any atom is 0.0452 e. The monoisotopic (exact) mass is 291 g/mol. The van der Waals surface area contributed by atoms with Crippen molar-refractivity contribution < 1.29 is 0 Å². The van der Waals surface area contributed by atoms with Crippen molar-refractivity contribution in [1.29, 1.82) is 0 Å². The van der Waals surface area contributed by atoms with Gasteiger partial charge in [0.1, 0.15) is 0 Å². The molecule has 0 bridgehead atoms. The van der Waals surface area contributed by atoms with Crippen LogP contribution in [0.15, 0.2) is 42.5 Å². The lowest BCUT2D eigenvalue weighted by atomic mass is 9.93. The van der Waals surface area contributed by atoms with E-state index >= 15 is 0 Å². The molecule has 0 aromatic heterocycles. The molecule has 0 heterocycles. The molecule has 3 rings (SSSR count). The summed E-state index contributed by atoms with van der Waals surface area (Å²) in [5, 5.41) is 1.41. The lowest BCUT2D eigenvalue weighted by Crippen LogP contribution is -2.19. The minimum absolute atomic E-state index is 0.0999. The van der Waals surface area contributed by atoms with Crippen LogP contribution in [0.2, 0.25) is 10.0 Å². The molecule has 2 aromatic rings. The van der Waals surface area contributed by atoms with Gasteiger partial charge in [0.2, 0.25) is 0 Å². The number of benzene rings is 2. The topological polar surface area (TPSA) is 26.0 Å². The third kappa shape index (κ3) is 2.51. The van der Waals surface area contributed by atoms with E-state index < -0.39 is 0 Å². The molecule has 0 saturated heterocycles. The zero-order chi connectivity index (χ0) is 13.4. The van der Waals surface area contributed by atoms with Crippen molar-refractivity contribution in [3.8, 4) is 0 Å². The normalized spacial score (nSPS) is 21.4. The molecule has 0 aliphatic heterocycles. The van der Waals surface area contributed by atoms with Crippen LogP contribution in [-0.2, 0) is 12.8 Å². The summed E-state index contributed by atoms with van der Waals surface area (Å²) in [5.74, 6) is 0.413. The summed E-state index contributed by atoms with van der Waals surface area (Å²) in [7, 11) is 0. The van der Waals surface area contributed by atoms with Gasteiger partial charge in [-0.1, -0.05) is 53.5 Å². The molecular formula is C16H15Cl2N. The standard InChI is InChI=1S/C16H15Cl2N/c17-13-6-5-11(15(18)9-13)8-12-7-10-3-1-2-4-14(10)16(12)19/h1-6,9,12,16H,7-8,19H2. The molecule has 2 atom stereocenters. The van der Waals surface area contributed by atoms with Crippen LogP contribution in [0.25, 0.3) is 0 Å². The fourth-order valence-corrected chi connectivity index (χ4v) is 3.36. The summed E-state index contributed by atoms with van der Waals surface area (Å²) in [6, 6.07) is 14.2. The van der Waals surface area contributed by atoms with Crippen LogP contribution >= 0.6 is 23.2 Å². The Morgan fingerprint density at radius 3 is 2.63 bits per heavy atom. The molecule has 0 fully saturated rings. The smallest absolute Gasteiger partial charge is 0.0452 e. The first-order valence-electron chi connectivity index (χ1n) is 6.42. The Bertz CT molecular complexity index is 609. The zero-order valence-electron chi connectivity index (χ0n) is 10.4. The van der Waals surface area contributed by atoms with Crippen molar-refractivity contribution in [1.82, 2.24) is 0 Å². The largest absolute Gasteiger partial charge is 0.324 e. The number of hydrogen-bond donors (Lipinski definition) is 1. The van der Waals surface area contributed by atoms with Gasteiger partial charge >= 0.3 is 0 Å². The van der Waals surface area contributed by atoms with Gasteiger partial charge in [0.25, 0.3) is 0 Å². The third-order valence-corrected chi connectivity index (χ3v) is 4.49. The predicted molar refractivity (Wildman–Crippen MR) is 80.7 cm³/mol. The first kappa shape index (κ1) is 13.0. The number of rotatable bonds is 2. The summed E-state index contributed by atoms with van der Waals surface area (Å²) in [4.78, 5) is 0. The first-order valence-corrected chi connectivity index (χ1v) is 7.18. The molecule has 2 N–H and O–H groups in total. The van der Waals surface area contributed by atoms with Gasteiger partial charge in [-0.15, -0.1) is 0 Å². The minimum Gasteiger partial charge on any atom is -0.324 e. The quantitative estimate of drug-likeness (QED) is 0.871. The van der Waals surface area contributed by atoms with Gasteiger partial charge < -0.3 is 5.73 Å². The van der Waals surface area contributed by atoms with E-state index in [1.165, 1.54) is 11.1 Å². The van der Waals surface area contributed by atoms with E-state index in [1.54, 1.807) is 6.07 Å². The Morgan fingerprint density at radius 1 is 1.11 bits per heavy atom. The Kier molecular flexibility index (Phi) is 3.53. The molecule has 19 heavy (non-hydrogen) atoms. The molecule has 0 radical (unpaired) electrons. The molecule has 98 valence electrons. The molecule has 2 unspecified atom stereocenters. The Morgan fingerprint density at radius 2 is 1.89 bits per heavy atom. The van der Waals surface area contributed by atoms with Crippen LogP contribution in [0.1, 0.15) is 22.7 Å². The average Bonchev–Trinajstić information content (AvgIpc) is 2.70. The molecule has 1 nitrogen and oxygen atoms in total. The van der Waals surface area contributed by atoms with E-state index in [-0.39, 0.29) is 6.04 Å². The van der Waals surface area contributed by atoms with Crippen molar-refractivity contribution in [2.24, 2.45) is 11.7 Å². The average molecular weight is 292 g/mol. The SMILES string of the molecule is NC1c2ccccc2CC1Cc1ccc(Cl)cc1Cl. The van der Waals surface area contributed by atoms with Crippen molar-refractivity contribution in [3.63, 3.8) is 0 Å². The summed E-state index contributed by atoms with van der Waals surface area (Å²) in [6.45, 7) is 0. The van der Waals surface area contributed by atoms with E-state index in [9.17, 15) is 0 Å². The second-order valence-corrected chi connectivity index (χ2v) is 5.97. The maximum absolute atomic E-state index is 6.35. The summed E-state index contributed by atoms with van der Waals surface area (Å²) >= 11 is 12.2. The highest BCUT2D eigenvalue weighted by Gasteiger charge is 2.29. The highest BCUT2D eigenvalue weighted by Crippen LogP contribution is 2.37. The second-order valence-electron chi connectivity index (χ2n) is 5.13. The van der Waals surface area contributed by atoms with Crippen molar-refractivity contribution in [2.75, 3.05) is 0 Å². The molecule has 0 spiro atoms. The number of nitrogens with two attached hydrogens (primary N) is 1. The molecule has 3 heteroatoms. The fourth-order valence-electron chi connectivity index (χ4n) is 2.88. The number of halogens is 2. The molecule has 1 aliphatic rings. The van der Waals surface area contributed by atoms with Crippen LogP contribution in [0.4, 0.5) is 0 Å².